The van der Waals surface area contributed by atoms with Crippen LogP contribution >= 0.6 is 15.9 Å². The quantitative estimate of drug-likeness (QED) is 0.777. The second kappa shape index (κ2) is 8.33. The highest BCUT2D eigenvalue weighted by molar-refractivity contribution is 9.10. The smallest absolute Gasteiger partial charge is 0.228 e. The summed E-state index contributed by atoms with van der Waals surface area (Å²) >= 11 is 3.41. The molecule has 0 radical (unpaired) electrons. The average molecular weight is 437 g/mol. The molecule has 5 nitrogen and oxygen atoms in total. The number of amides is 1. The third-order valence-electron chi connectivity index (χ3n) is 4.47. The minimum atomic E-state index is -3.44. The molecule has 2 aromatic carbocycles. The molecule has 1 fully saturated rings. The highest BCUT2D eigenvalue weighted by atomic mass is 79.9. The number of anilines is 1. The lowest BCUT2D eigenvalue weighted by Crippen LogP contribution is -2.44. The van der Waals surface area contributed by atoms with E-state index in [0.717, 1.165) is 10.0 Å². The van der Waals surface area contributed by atoms with E-state index in [9.17, 15) is 13.2 Å². The van der Waals surface area contributed by atoms with E-state index in [4.69, 9.17) is 0 Å². The van der Waals surface area contributed by atoms with Crippen molar-refractivity contribution in [3.63, 3.8) is 0 Å². The Labute approximate surface area is 162 Å². The number of carbonyl (C=O) groups is 1. The van der Waals surface area contributed by atoms with Gasteiger partial charge in [0.05, 0.1) is 17.4 Å². The fraction of sp³-hybridized carbons (Fsp3) is 0.316. The van der Waals surface area contributed by atoms with E-state index in [2.05, 4.69) is 21.2 Å². The van der Waals surface area contributed by atoms with Crippen LogP contribution < -0.4 is 5.32 Å². The first kappa shape index (κ1) is 19.1. The molecule has 0 saturated carbocycles. The molecule has 2 aromatic rings. The SMILES string of the molecule is O=C(Nc1ccccc1Br)[C@H]1CCCN(S(=O)(=O)Cc2ccccc2)C1. The maximum atomic E-state index is 12.7. The van der Waals surface area contributed by atoms with E-state index < -0.39 is 10.0 Å². The molecule has 1 aliphatic heterocycles. The predicted octanol–water partition coefficient (Wildman–Crippen LogP) is 3.63. The van der Waals surface area contributed by atoms with Gasteiger partial charge in [0.1, 0.15) is 0 Å². The van der Waals surface area contributed by atoms with Gasteiger partial charge in [-0.15, -0.1) is 0 Å². The van der Waals surface area contributed by atoms with Crippen LogP contribution in [-0.4, -0.2) is 31.7 Å². The minimum Gasteiger partial charge on any atom is -0.325 e. The third kappa shape index (κ3) is 4.72. The normalized spacial score (nSPS) is 18.4. The topological polar surface area (TPSA) is 66.5 Å². The molecular formula is C19H21BrN2O3S. The molecule has 1 saturated heterocycles. The van der Waals surface area contributed by atoms with Crippen LogP contribution in [0.25, 0.3) is 0 Å². The summed E-state index contributed by atoms with van der Waals surface area (Å²) in [7, 11) is -3.44. The van der Waals surface area contributed by atoms with Crippen LogP contribution in [0, 0.1) is 5.92 Å². The van der Waals surface area contributed by atoms with Crippen molar-refractivity contribution in [1.82, 2.24) is 4.31 Å². The minimum absolute atomic E-state index is 0.0353. The fourth-order valence-corrected chi connectivity index (χ4v) is 5.08. The van der Waals surface area contributed by atoms with Gasteiger partial charge in [-0.1, -0.05) is 42.5 Å². The van der Waals surface area contributed by atoms with Crippen molar-refractivity contribution in [2.75, 3.05) is 18.4 Å². The van der Waals surface area contributed by atoms with Gasteiger partial charge in [-0.25, -0.2) is 12.7 Å². The molecule has 1 N–H and O–H groups in total. The van der Waals surface area contributed by atoms with E-state index >= 15 is 0 Å². The number of sulfonamides is 1. The van der Waals surface area contributed by atoms with Gasteiger partial charge in [0.25, 0.3) is 0 Å². The highest BCUT2D eigenvalue weighted by Gasteiger charge is 2.32. The molecule has 7 heteroatoms. The third-order valence-corrected chi connectivity index (χ3v) is 6.98. The number of nitrogens with zero attached hydrogens (tertiary/aromatic N) is 1. The molecule has 1 atom stereocenters. The first-order valence-electron chi connectivity index (χ1n) is 8.53. The summed E-state index contributed by atoms with van der Waals surface area (Å²) in [6, 6.07) is 16.5. The summed E-state index contributed by atoms with van der Waals surface area (Å²) in [6.07, 6.45) is 1.37. The molecule has 0 spiro atoms. The van der Waals surface area contributed by atoms with E-state index in [1.165, 1.54) is 4.31 Å². The van der Waals surface area contributed by atoms with Gasteiger partial charge in [0.15, 0.2) is 0 Å². The van der Waals surface area contributed by atoms with Gasteiger partial charge in [-0.05, 0) is 46.5 Å². The number of rotatable bonds is 5. The average Bonchev–Trinajstić information content (AvgIpc) is 2.64. The van der Waals surface area contributed by atoms with E-state index in [1.54, 1.807) is 12.1 Å². The van der Waals surface area contributed by atoms with Crippen molar-refractivity contribution in [2.45, 2.75) is 18.6 Å². The van der Waals surface area contributed by atoms with E-state index in [1.807, 2.05) is 42.5 Å². The number of hydrogen-bond donors (Lipinski definition) is 1. The molecule has 138 valence electrons. The Balaban J connectivity index is 1.67. The lowest BCUT2D eigenvalue weighted by atomic mass is 9.99. The van der Waals surface area contributed by atoms with Gasteiger partial charge in [-0.3, -0.25) is 4.79 Å². The first-order valence-corrected chi connectivity index (χ1v) is 10.9. The highest BCUT2D eigenvalue weighted by Crippen LogP contribution is 2.25. The zero-order chi connectivity index (χ0) is 18.6. The van der Waals surface area contributed by atoms with Crippen molar-refractivity contribution in [2.24, 2.45) is 5.92 Å². The number of benzene rings is 2. The number of halogens is 1. The number of piperidine rings is 1. The summed E-state index contributed by atoms with van der Waals surface area (Å²) in [5.74, 6) is -0.523. The largest absolute Gasteiger partial charge is 0.325 e. The lowest BCUT2D eigenvalue weighted by Gasteiger charge is -2.31. The summed E-state index contributed by atoms with van der Waals surface area (Å²) in [5, 5.41) is 2.89. The number of para-hydroxylation sites is 1. The summed E-state index contributed by atoms with van der Waals surface area (Å²) in [4.78, 5) is 12.6. The van der Waals surface area contributed by atoms with Gasteiger partial charge in [-0.2, -0.15) is 0 Å². The van der Waals surface area contributed by atoms with Crippen LogP contribution in [0.1, 0.15) is 18.4 Å². The Bertz CT molecular complexity index is 871. The van der Waals surface area contributed by atoms with Crippen molar-refractivity contribution < 1.29 is 13.2 Å². The van der Waals surface area contributed by atoms with Crippen LogP contribution in [0.15, 0.2) is 59.1 Å². The molecule has 1 amide bonds. The molecule has 1 heterocycles. The van der Waals surface area contributed by atoms with Crippen molar-refractivity contribution in [3.05, 3.63) is 64.6 Å². The van der Waals surface area contributed by atoms with Crippen LogP contribution in [0.5, 0.6) is 0 Å². The summed E-state index contributed by atoms with van der Waals surface area (Å²) in [5.41, 5.74) is 1.45. The molecule has 3 rings (SSSR count). The monoisotopic (exact) mass is 436 g/mol. The van der Waals surface area contributed by atoms with Gasteiger partial charge in [0.2, 0.25) is 15.9 Å². The summed E-state index contributed by atoms with van der Waals surface area (Å²) in [6.45, 7) is 0.694. The van der Waals surface area contributed by atoms with Gasteiger partial charge in [0, 0.05) is 17.6 Å². The molecule has 0 bridgehead atoms. The Morgan fingerprint density at radius 2 is 1.81 bits per heavy atom. The van der Waals surface area contributed by atoms with Crippen molar-refractivity contribution >= 4 is 37.5 Å². The predicted molar refractivity (Wildman–Crippen MR) is 106 cm³/mol. The molecular weight excluding hydrogens is 416 g/mol. The van der Waals surface area contributed by atoms with E-state index in [-0.39, 0.29) is 24.1 Å². The zero-order valence-electron chi connectivity index (χ0n) is 14.3. The van der Waals surface area contributed by atoms with Crippen LogP contribution in [0.4, 0.5) is 5.69 Å². The second-order valence-corrected chi connectivity index (χ2v) is 9.23. The lowest BCUT2D eigenvalue weighted by molar-refractivity contribution is -0.120. The second-order valence-electron chi connectivity index (χ2n) is 6.41. The van der Waals surface area contributed by atoms with Crippen LogP contribution in [0.3, 0.4) is 0 Å². The number of carbonyl (C=O) groups excluding carboxylic acids is 1. The molecule has 1 aliphatic rings. The Kier molecular flexibility index (Phi) is 6.11. The van der Waals surface area contributed by atoms with Gasteiger partial charge >= 0.3 is 0 Å². The molecule has 0 aromatic heterocycles. The zero-order valence-corrected chi connectivity index (χ0v) is 16.7. The Hall–Kier alpha value is -1.70. The number of nitrogens with one attached hydrogen (secondary N) is 1. The fourth-order valence-electron chi connectivity index (χ4n) is 3.08. The van der Waals surface area contributed by atoms with Crippen molar-refractivity contribution in [1.29, 1.82) is 0 Å². The standard InChI is InChI=1S/C19H21BrN2O3S/c20-17-10-4-5-11-18(17)21-19(23)16-9-6-12-22(13-16)26(24,25)14-15-7-2-1-3-8-15/h1-5,7-8,10-11,16H,6,9,12-14H2,(H,21,23)/t16-/m0/s1. The molecule has 0 unspecified atom stereocenters. The maximum absolute atomic E-state index is 12.7. The van der Waals surface area contributed by atoms with E-state index in [0.29, 0.717) is 25.1 Å². The van der Waals surface area contributed by atoms with Crippen LogP contribution in [0.2, 0.25) is 0 Å². The number of hydrogen-bond acceptors (Lipinski definition) is 3. The Morgan fingerprint density at radius 3 is 2.54 bits per heavy atom. The Morgan fingerprint density at radius 1 is 1.12 bits per heavy atom. The molecule has 26 heavy (non-hydrogen) atoms. The summed E-state index contributed by atoms with van der Waals surface area (Å²) < 4.78 is 27.7. The maximum Gasteiger partial charge on any atom is 0.228 e. The van der Waals surface area contributed by atoms with Crippen molar-refractivity contribution in [3.8, 4) is 0 Å². The molecule has 0 aliphatic carbocycles. The van der Waals surface area contributed by atoms with Gasteiger partial charge < -0.3 is 5.32 Å². The van der Waals surface area contributed by atoms with Crippen LogP contribution in [-0.2, 0) is 20.6 Å². The first-order chi connectivity index (χ1) is 12.5.